The van der Waals surface area contributed by atoms with Gasteiger partial charge in [0.05, 0.1) is 42.7 Å². The van der Waals surface area contributed by atoms with Crippen LogP contribution in [0.2, 0.25) is 0 Å². The first kappa shape index (κ1) is 18.1. The molecular formula is C19H20N4O2S. The number of aromatic nitrogens is 4. The number of methoxy groups -OCH3 is 1. The average molecular weight is 368 g/mol. The summed E-state index contributed by atoms with van der Waals surface area (Å²) in [6.45, 7) is 3.92. The van der Waals surface area contributed by atoms with Crippen molar-refractivity contribution in [3.05, 3.63) is 47.4 Å². The zero-order valence-electron chi connectivity index (χ0n) is 15.4. The molecule has 0 aliphatic rings. The molecule has 0 aliphatic heterocycles. The minimum atomic E-state index is -0.376. The summed E-state index contributed by atoms with van der Waals surface area (Å²) in [6, 6.07) is 3.83. The molecule has 26 heavy (non-hydrogen) atoms. The Morgan fingerprint density at radius 2 is 1.92 bits per heavy atom. The van der Waals surface area contributed by atoms with E-state index in [0.717, 1.165) is 33.0 Å². The molecule has 6 nitrogen and oxygen atoms in total. The Bertz CT molecular complexity index is 945. The van der Waals surface area contributed by atoms with Crippen molar-refractivity contribution in [2.24, 2.45) is 7.05 Å². The summed E-state index contributed by atoms with van der Waals surface area (Å²) in [6.07, 6.45) is 7.21. The molecule has 0 radical (unpaired) electrons. The van der Waals surface area contributed by atoms with Crippen LogP contribution in [0.5, 0.6) is 0 Å². The van der Waals surface area contributed by atoms with Gasteiger partial charge in [-0.05, 0) is 43.4 Å². The van der Waals surface area contributed by atoms with E-state index in [2.05, 4.69) is 15.1 Å². The van der Waals surface area contributed by atoms with Gasteiger partial charge in [0.2, 0.25) is 0 Å². The van der Waals surface area contributed by atoms with Gasteiger partial charge in [-0.3, -0.25) is 9.67 Å². The molecular weight excluding hydrogens is 348 g/mol. The topological polar surface area (TPSA) is 69.9 Å². The van der Waals surface area contributed by atoms with Crippen molar-refractivity contribution in [3.63, 3.8) is 0 Å². The van der Waals surface area contributed by atoms with Crippen LogP contribution in [0.3, 0.4) is 0 Å². The molecule has 1 aromatic carbocycles. The van der Waals surface area contributed by atoms with Crippen molar-refractivity contribution < 1.29 is 9.53 Å². The van der Waals surface area contributed by atoms with Gasteiger partial charge in [-0.1, -0.05) is 0 Å². The van der Waals surface area contributed by atoms with Gasteiger partial charge in [0.25, 0.3) is 0 Å². The Labute approximate surface area is 156 Å². The summed E-state index contributed by atoms with van der Waals surface area (Å²) in [5, 5.41) is 5.17. The third-order valence-electron chi connectivity index (χ3n) is 4.32. The first-order valence-corrected chi connectivity index (χ1v) is 9.27. The summed E-state index contributed by atoms with van der Waals surface area (Å²) in [5.74, 6) is -0.376. The normalized spacial score (nSPS) is 10.8. The van der Waals surface area contributed by atoms with Gasteiger partial charge in [-0.25, -0.2) is 9.78 Å². The molecule has 0 N–H and O–H groups in total. The molecule has 0 spiro atoms. The molecule has 3 aromatic rings. The lowest BCUT2D eigenvalue weighted by Crippen LogP contribution is -2.07. The monoisotopic (exact) mass is 368 g/mol. The summed E-state index contributed by atoms with van der Waals surface area (Å²) in [7, 11) is 3.27. The highest BCUT2D eigenvalue weighted by atomic mass is 32.2. The van der Waals surface area contributed by atoms with Gasteiger partial charge in [0, 0.05) is 18.2 Å². The predicted molar refractivity (Wildman–Crippen MR) is 102 cm³/mol. The largest absolute Gasteiger partial charge is 0.465 e. The number of thioether (sulfide) groups is 1. The van der Waals surface area contributed by atoms with Crippen LogP contribution in [0, 0.1) is 13.8 Å². The maximum atomic E-state index is 12.3. The number of carbonyl (C=O) groups is 1. The smallest absolute Gasteiger partial charge is 0.338 e. The number of hydrogen-bond acceptors (Lipinski definition) is 6. The van der Waals surface area contributed by atoms with Gasteiger partial charge in [0.15, 0.2) is 0 Å². The maximum absolute atomic E-state index is 12.3. The zero-order chi connectivity index (χ0) is 18.8. The molecule has 0 fully saturated rings. The molecule has 0 unspecified atom stereocenters. The van der Waals surface area contributed by atoms with Crippen LogP contribution >= 0.6 is 11.8 Å². The van der Waals surface area contributed by atoms with Crippen LogP contribution in [0.1, 0.15) is 21.5 Å². The standard InChI is InChI=1S/C19H20N4O2S/c1-11-8-22-23(3)18(11)14-6-13(7-15(12(14)2)19(24)25-4)16-9-21-17(26-5)10-20-16/h6-10H,1-5H3. The number of ether oxygens (including phenoxy) is 1. The van der Waals surface area contributed by atoms with Crippen LogP contribution in [0.15, 0.2) is 35.7 Å². The van der Waals surface area contributed by atoms with E-state index in [4.69, 9.17) is 4.74 Å². The van der Waals surface area contributed by atoms with Gasteiger partial charge in [-0.15, -0.1) is 11.8 Å². The Kier molecular flexibility index (Phi) is 5.08. The number of rotatable bonds is 4. The Balaban J connectivity index is 2.25. The highest BCUT2D eigenvalue weighted by Crippen LogP contribution is 2.33. The van der Waals surface area contributed by atoms with Crippen molar-refractivity contribution >= 4 is 17.7 Å². The predicted octanol–water partition coefficient (Wildman–Crippen LogP) is 3.67. The number of nitrogens with zero attached hydrogens (tertiary/aromatic N) is 4. The number of aryl methyl sites for hydroxylation is 2. The second-order valence-corrected chi connectivity index (χ2v) is 6.76. The number of carbonyl (C=O) groups excluding carboxylic acids is 1. The van der Waals surface area contributed by atoms with E-state index in [1.165, 1.54) is 18.9 Å². The molecule has 0 bridgehead atoms. The Hall–Kier alpha value is -2.67. The summed E-state index contributed by atoms with van der Waals surface area (Å²) < 4.78 is 6.79. The van der Waals surface area contributed by atoms with Crippen LogP contribution < -0.4 is 0 Å². The van der Waals surface area contributed by atoms with Gasteiger partial charge < -0.3 is 4.74 Å². The first-order chi connectivity index (χ1) is 12.5. The van der Waals surface area contributed by atoms with Crippen molar-refractivity contribution in [1.82, 2.24) is 19.7 Å². The third kappa shape index (κ3) is 3.22. The lowest BCUT2D eigenvalue weighted by molar-refractivity contribution is 0.0600. The second-order valence-electron chi connectivity index (χ2n) is 5.93. The fourth-order valence-corrected chi connectivity index (χ4v) is 3.25. The Morgan fingerprint density at radius 3 is 2.46 bits per heavy atom. The van der Waals surface area contributed by atoms with Crippen molar-refractivity contribution in [3.8, 4) is 22.5 Å². The number of hydrogen-bond donors (Lipinski definition) is 0. The van der Waals surface area contributed by atoms with Crippen LogP contribution in [-0.4, -0.2) is 39.1 Å². The lowest BCUT2D eigenvalue weighted by atomic mass is 9.94. The lowest BCUT2D eigenvalue weighted by Gasteiger charge is -2.14. The highest BCUT2D eigenvalue weighted by molar-refractivity contribution is 7.98. The SMILES string of the molecule is COC(=O)c1cc(-c2cnc(SC)cn2)cc(-c2c(C)cnn2C)c1C. The van der Waals surface area contributed by atoms with Gasteiger partial charge in [0.1, 0.15) is 5.03 Å². The zero-order valence-corrected chi connectivity index (χ0v) is 16.2. The minimum Gasteiger partial charge on any atom is -0.465 e. The van der Waals surface area contributed by atoms with Crippen molar-refractivity contribution in [2.45, 2.75) is 18.9 Å². The molecule has 3 rings (SSSR count). The van der Waals surface area contributed by atoms with Crippen molar-refractivity contribution in [2.75, 3.05) is 13.4 Å². The Morgan fingerprint density at radius 1 is 1.15 bits per heavy atom. The van der Waals surface area contributed by atoms with E-state index in [9.17, 15) is 4.79 Å². The molecule has 2 heterocycles. The molecule has 0 atom stereocenters. The fourth-order valence-electron chi connectivity index (χ4n) is 2.93. The summed E-state index contributed by atoms with van der Waals surface area (Å²) in [4.78, 5) is 21.2. The van der Waals surface area contributed by atoms with E-state index in [0.29, 0.717) is 11.3 Å². The fraction of sp³-hybridized carbons (Fsp3) is 0.263. The van der Waals surface area contributed by atoms with E-state index >= 15 is 0 Å². The number of esters is 1. The molecule has 0 saturated heterocycles. The quantitative estimate of drug-likeness (QED) is 0.517. The molecule has 2 aromatic heterocycles. The molecule has 134 valence electrons. The molecule has 0 saturated carbocycles. The summed E-state index contributed by atoms with van der Waals surface area (Å²) >= 11 is 1.53. The minimum absolute atomic E-state index is 0.376. The first-order valence-electron chi connectivity index (χ1n) is 8.04. The van der Waals surface area contributed by atoms with E-state index < -0.39 is 0 Å². The summed E-state index contributed by atoms with van der Waals surface area (Å²) in [5.41, 5.74) is 5.80. The number of benzene rings is 1. The third-order valence-corrected chi connectivity index (χ3v) is 4.95. The van der Waals surface area contributed by atoms with E-state index in [-0.39, 0.29) is 5.97 Å². The molecule has 0 amide bonds. The van der Waals surface area contributed by atoms with Crippen LogP contribution in [0.25, 0.3) is 22.5 Å². The average Bonchev–Trinajstić information content (AvgIpc) is 3.00. The maximum Gasteiger partial charge on any atom is 0.338 e. The molecule has 0 aliphatic carbocycles. The highest BCUT2D eigenvalue weighted by Gasteiger charge is 2.19. The van der Waals surface area contributed by atoms with Crippen LogP contribution in [0.4, 0.5) is 0 Å². The van der Waals surface area contributed by atoms with Crippen LogP contribution in [-0.2, 0) is 11.8 Å². The van der Waals surface area contributed by atoms with E-state index in [1.807, 2.05) is 44.1 Å². The molecule has 7 heteroatoms. The van der Waals surface area contributed by atoms with Crippen molar-refractivity contribution in [1.29, 1.82) is 0 Å². The van der Waals surface area contributed by atoms with Gasteiger partial charge in [-0.2, -0.15) is 5.10 Å². The van der Waals surface area contributed by atoms with E-state index in [1.54, 1.807) is 18.5 Å². The second kappa shape index (κ2) is 7.29. The van der Waals surface area contributed by atoms with Gasteiger partial charge >= 0.3 is 5.97 Å².